The molecule has 0 saturated heterocycles. The van der Waals surface area contributed by atoms with E-state index in [1.54, 1.807) is 6.20 Å². The Morgan fingerprint density at radius 2 is 1.90 bits per heavy atom. The minimum absolute atomic E-state index is 0.0216. The Morgan fingerprint density at radius 3 is 2.65 bits per heavy atom. The molecule has 2 aromatic rings. The average molecular weight is 270 g/mol. The van der Waals surface area contributed by atoms with Gasteiger partial charge in [-0.3, -0.25) is 0 Å². The number of hydrogen-bond donors (Lipinski definition) is 1. The third kappa shape index (κ3) is 2.90. The molecule has 3 rings (SSSR count). The zero-order valence-electron chi connectivity index (χ0n) is 11.8. The third-order valence-electron chi connectivity index (χ3n) is 4.27. The van der Waals surface area contributed by atoms with E-state index in [0.29, 0.717) is 0 Å². The monoisotopic (exact) mass is 270 g/mol. The highest BCUT2D eigenvalue weighted by Crippen LogP contribution is 2.31. The molecule has 0 aliphatic heterocycles. The van der Waals surface area contributed by atoms with Gasteiger partial charge >= 0.3 is 0 Å². The largest absolute Gasteiger partial charge is 0.323 e. The molecule has 1 fully saturated rings. The van der Waals surface area contributed by atoms with E-state index in [4.69, 9.17) is 5.73 Å². The molecule has 2 N–H and O–H groups in total. The van der Waals surface area contributed by atoms with Crippen LogP contribution in [0.25, 0.3) is 5.69 Å². The predicted octanol–water partition coefficient (Wildman–Crippen LogP) is 3.24. The van der Waals surface area contributed by atoms with Gasteiger partial charge in [0.2, 0.25) is 0 Å². The van der Waals surface area contributed by atoms with Crippen LogP contribution < -0.4 is 5.73 Å². The van der Waals surface area contributed by atoms with Crippen molar-refractivity contribution in [2.75, 3.05) is 0 Å². The smallest absolute Gasteiger partial charge is 0.0813 e. The molecule has 1 atom stereocenters. The summed E-state index contributed by atoms with van der Waals surface area (Å²) in [6.45, 7) is 0. The SMILES string of the molecule is NC(CC1CCCCC1)c1cnnn1-c1ccccc1. The van der Waals surface area contributed by atoms with E-state index in [0.717, 1.165) is 23.7 Å². The number of aromatic nitrogens is 3. The number of benzene rings is 1. The Morgan fingerprint density at radius 1 is 1.15 bits per heavy atom. The Bertz CT molecular complexity index is 528. The Kier molecular flexibility index (Phi) is 4.11. The summed E-state index contributed by atoms with van der Waals surface area (Å²) in [5.41, 5.74) is 8.45. The second-order valence-electron chi connectivity index (χ2n) is 5.75. The molecule has 1 unspecified atom stereocenters. The van der Waals surface area contributed by atoms with Crippen molar-refractivity contribution in [1.82, 2.24) is 15.0 Å². The molecule has 1 aromatic heterocycles. The summed E-state index contributed by atoms with van der Waals surface area (Å²) in [6, 6.07) is 10.1. The molecule has 20 heavy (non-hydrogen) atoms. The van der Waals surface area contributed by atoms with E-state index in [1.165, 1.54) is 32.1 Å². The van der Waals surface area contributed by atoms with Crippen LogP contribution in [0.15, 0.2) is 36.5 Å². The lowest BCUT2D eigenvalue weighted by atomic mass is 9.84. The fourth-order valence-corrected chi connectivity index (χ4v) is 3.17. The van der Waals surface area contributed by atoms with Crippen molar-refractivity contribution in [2.24, 2.45) is 11.7 Å². The van der Waals surface area contributed by atoms with Crippen LogP contribution in [-0.4, -0.2) is 15.0 Å². The summed E-state index contributed by atoms with van der Waals surface area (Å²) in [5, 5.41) is 8.23. The van der Waals surface area contributed by atoms with Gasteiger partial charge in [0, 0.05) is 6.04 Å². The lowest BCUT2D eigenvalue weighted by Gasteiger charge is -2.24. The van der Waals surface area contributed by atoms with Crippen molar-refractivity contribution >= 4 is 0 Å². The molecule has 106 valence electrons. The molecule has 1 aromatic carbocycles. The minimum Gasteiger partial charge on any atom is -0.323 e. The molecular formula is C16H22N4. The molecule has 0 radical (unpaired) electrons. The van der Waals surface area contributed by atoms with Crippen molar-refractivity contribution in [3.05, 3.63) is 42.2 Å². The quantitative estimate of drug-likeness (QED) is 0.928. The van der Waals surface area contributed by atoms with Gasteiger partial charge in [-0.05, 0) is 24.5 Å². The van der Waals surface area contributed by atoms with E-state index in [-0.39, 0.29) is 6.04 Å². The van der Waals surface area contributed by atoms with Crippen LogP contribution in [0.4, 0.5) is 0 Å². The molecule has 0 bridgehead atoms. The van der Waals surface area contributed by atoms with Gasteiger partial charge < -0.3 is 5.73 Å². The van der Waals surface area contributed by atoms with Gasteiger partial charge in [-0.15, -0.1) is 5.10 Å². The Balaban J connectivity index is 1.75. The normalized spacial score (nSPS) is 18.1. The van der Waals surface area contributed by atoms with E-state index in [9.17, 15) is 0 Å². The van der Waals surface area contributed by atoms with E-state index in [2.05, 4.69) is 10.3 Å². The number of rotatable bonds is 4. The van der Waals surface area contributed by atoms with Crippen molar-refractivity contribution in [3.63, 3.8) is 0 Å². The lowest BCUT2D eigenvalue weighted by molar-refractivity contribution is 0.316. The van der Waals surface area contributed by atoms with Gasteiger partial charge in [0.05, 0.1) is 17.6 Å². The first-order valence-electron chi connectivity index (χ1n) is 7.56. The van der Waals surface area contributed by atoms with Crippen LogP contribution in [0.2, 0.25) is 0 Å². The maximum absolute atomic E-state index is 6.41. The summed E-state index contributed by atoms with van der Waals surface area (Å²) in [5.74, 6) is 0.762. The van der Waals surface area contributed by atoms with E-state index in [1.807, 2.05) is 35.0 Å². The maximum atomic E-state index is 6.41. The van der Waals surface area contributed by atoms with Crippen LogP contribution in [0.3, 0.4) is 0 Å². The fraction of sp³-hybridized carbons (Fsp3) is 0.500. The van der Waals surface area contributed by atoms with Crippen molar-refractivity contribution in [3.8, 4) is 5.69 Å². The van der Waals surface area contributed by atoms with Crippen molar-refractivity contribution in [1.29, 1.82) is 0 Å². The van der Waals surface area contributed by atoms with Gasteiger partial charge in [0.1, 0.15) is 0 Å². The Hall–Kier alpha value is -1.68. The first-order valence-corrected chi connectivity index (χ1v) is 7.56. The zero-order valence-corrected chi connectivity index (χ0v) is 11.8. The highest BCUT2D eigenvalue weighted by atomic mass is 15.4. The number of nitrogens with two attached hydrogens (primary N) is 1. The summed E-state index contributed by atoms with van der Waals surface area (Å²) in [4.78, 5) is 0. The summed E-state index contributed by atoms with van der Waals surface area (Å²) < 4.78 is 1.87. The third-order valence-corrected chi connectivity index (χ3v) is 4.27. The number of hydrogen-bond acceptors (Lipinski definition) is 3. The Labute approximate surface area is 120 Å². The second-order valence-corrected chi connectivity index (χ2v) is 5.75. The number of nitrogens with zero attached hydrogens (tertiary/aromatic N) is 3. The van der Waals surface area contributed by atoms with Crippen LogP contribution in [0.1, 0.15) is 50.3 Å². The number of para-hydroxylation sites is 1. The van der Waals surface area contributed by atoms with Crippen LogP contribution >= 0.6 is 0 Å². The minimum atomic E-state index is 0.0216. The standard InChI is InChI=1S/C16H22N4/c17-15(11-13-7-3-1-4-8-13)16-12-18-19-20(16)14-9-5-2-6-10-14/h2,5-6,9-10,12-13,15H,1,3-4,7-8,11,17H2. The topological polar surface area (TPSA) is 56.7 Å². The summed E-state index contributed by atoms with van der Waals surface area (Å²) >= 11 is 0. The van der Waals surface area contributed by atoms with E-state index < -0.39 is 0 Å². The highest BCUT2D eigenvalue weighted by molar-refractivity contribution is 5.32. The van der Waals surface area contributed by atoms with Crippen LogP contribution in [0.5, 0.6) is 0 Å². The maximum Gasteiger partial charge on any atom is 0.0813 e. The van der Waals surface area contributed by atoms with Gasteiger partial charge in [0.25, 0.3) is 0 Å². The predicted molar refractivity (Wildman–Crippen MR) is 79.5 cm³/mol. The molecule has 1 aliphatic carbocycles. The molecule has 1 aliphatic rings. The lowest BCUT2D eigenvalue weighted by Crippen LogP contribution is -2.20. The molecule has 1 saturated carbocycles. The molecule has 1 heterocycles. The molecule has 4 nitrogen and oxygen atoms in total. The fourth-order valence-electron chi connectivity index (χ4n) is 3.17. The summed E-state index contributed by atoms with van der Waals surface area (Å²) in [7, 11) is 0. The van der Waals surface area contributed by atoms with Gasteiger partial charge in [-0.25, -0.2) is 4.68 Å². The first-order chi connectivity index (χ1) is 9.84. The average Bonchev–Trinajstić information content (AvgIpc) is 2.99. The van der Waals surface area contributed by atoms with Gasteiger partial charge in [-0.2, -0.15) is 0 Å². The highest BCUT2D eigenvalue weighted by Gasteiger charge is 2.20. The second kappa shape index (κ2) is 6.18. The molecule has 0 spiro atoms. The van der Waals surface area contributed by atoms with E-state index >= 15 is 0 Å². The molecular weight excluding hydrogens is 248 g/mol. The van der Waals surface area contributed by atoms with Gasteiger partial charge in [0.15, 0.2) is 0 Å². The van der Waals surface area contributed by atoms with Gasteiger partial charge in [-0.1, -0.05) is 55.5 Å². The molecule has 0 amide bonds. The van der Waals surface area contributed by atoms with Crippen molar-refractivity contribution < 1.29 is 0 Å². The van der Waals surface area contributed by atoms with Crippen LogP contribution in [-0.2, 0) is 0 Å². The van der Waals surface area contributed by atoms with Crippen molar-refractivity contribution in [2.45, 2.75) is 44.6 Å². The summed E-state index contributed by atoms with van der Waals surface area (Å²) in [6.07, 6.45) is 9.58. The van der Waals surface area contributed by atoms with Crippen LogP contribution in [0, 0.1) is 5.92 Å². The zero-order chi connectivity index (χ0) is 13.8. The molecule has 4 heteroatoms. The first kappa shape index (κ1) is 13.3.